The van der Waals surface area contributed by atoms with Crippen LogP contribution in [0.5, 0.6) is 0 Å². The molecule has 24 nitrogen and oxygen atoms in total. The van der Waals surface area contributed by atoms with Crippen molar-refractivity contribution in [2.24, 2.45) is 23.7 Å². The molecule has 12 amide bonds. The number of amides is 12. The highest BCUT2D eigenvalue weighted by atomic mass is 35.5. The van der Waals surface area contributed by atoms with Gasteiger partial charge in [-0.3, -0.25) is 57.5 Å². The average molecular weight is 1410 g/mol. The smallest absolute Gasteiger partial charge is 0.343 e. The number of piperidine rings is 1. The van der Waals surface area contributed by atoms with Crippen LogP contribution in [0.3, 0.4) is 0 Å². The highest BCUT2D eigenvalue weighted by Gasteiger charge is 2.51. The van der Waals surface area contributed by atoms with E-state index in [4.69, 9.17) is 11.6 Å². The lowest BCUT2D eigenvalue weighted by atomic mass is 9.84. The number of hydrogen-bond donors (Lipinski definition) is 3. The monoisotopic (exact) mass is 1410 g/mol. The van der Waals surface area contributed by atoms with Crippen LogP contribution >= 0.6 is 11.6 Å². The third-order valence-electron chi connectivity index (χ3n) is 21.6. The Labute approximate surface area is 586 Å². The number of fused-ring (bicyclic) bond motifs is 2. The normalized spacial score (nSPS) is 27.7. The molecule has 6 aliphatic rings. The number of carbonyl (C=O) groups excluding carboxylic acids is 12. The molecule has 3 N–H and O–H groups in total. The summed E-state index contributed by atoms with van der Waals surface area (Å²) in [5.74, 6) is -8.98. The van der Waals surface area contributed by atoms with Gasteiger partial charge in [-0.25, -0.2) is 0 Å². The van der Waals surface area contributed by atoms with Crippen LogP contribution in [0, 0.1) is 23.7 Å². The molecular formula is C71H108ClF3N12O12. The van der Waals surface area contributed by atoms with E-state index in [0.29, 0.717) is 50.8 Å². The van der Waals surface area contributed by atoms with Gasteiger partial charge in [0.15, 0.2) is 0 Å². The van der Waals surface area contributed by atoms with Crippen molar-refractivity contribution in [3.05, 3.63) is 34.3 Å². The molecule has 552 valence electrons. The third-order valence-corrected chi connectivity index (χ3v) is 21.9. The number of nitrogens with one attached hydrogen (secondary N) is 3. The molecule has 2 aliphatic carbocycles. The number of aryl methyl sites for hydroxylation is 1. The highest BCUT2D eigenvalue weighted by molar-refractivity contribution is 6.31. The molecule has 0 unspecified atom stereocenters. The van der Waals surface area contributed by atoms with Crippen LogP contribution in [0.4, 0.5) is 13.2 Å². The van der Waals surface area contributed by atoms with Crippen molar-refractivity contribution in [1.82, 2.24) is 60.0 Å². The van der Waals surface area contributed by atoms with E-state index in [1.54, 1.807) is 32.6 Å². The predicted molar refractivity (Wildman–Crippen MR) is 364 cm³/mol. The molecule has 0 radical (unpaired) electrons. The van der Waals surface area contributed by atoms with E-state index in [9.17, 15) is 51.5 Å². The largest absolute Gasteiger partial charge is 0.417 e. The van der Waals surface area contributed by atoms with Crippen LogP contribution in [0.2, 0.25) is 5.02 Å². The lowest BCUT2D eigenvalue weighted by molar-refractivity contribution is -0.160. The molecule has 1 aromatic rings. The van der Waals surface area contributed by atoms with Gasteiger partial charge in [0.05, 0.1) is 23.6 Å². The van der Waals surface area contributed by atoms with E-state index in [0.717, 1.165) is 55.6 Å². The standard InChI is InChI=1S/C71H108ClF3N12O12/c1-42(2)37-53-60(90)77-58(43(3)4)67(97)80(9)45(7)62(92)87-36-30-52(87)65(95)82(11)54(39-46-23-16-14-17-24-46)64(94)79(8)41-56(88)76-50(29-27-47-26-28-48(49(72)38-47)71(73,74)75)63(93)86-35-22-25-51(86)61(91)78-70(31-18-19-32-70)69(99)84(13)59(44(5)6)68(98)83(12)55(40-57(89)81(53)10)66(96)85-33-20-15-21-34-85/h26,28,38,42-46,50-55,58-59H,14-25,27,29-37,39-41H2,1-13H3,(H,76,88)(H,77,90)(H,78,91)/t45-,50-,51-,52-,53-,54-,55-,58-,59-/m0/s1. The molecule has 4 aliphatic heterocycles. The van der Waals surface area contributed by atoms with E-state index in [-0.39, 0.29) is 76.3 Å². The van der Waals surface area contributed by atoms with Gasteiger partial charge < -0.3 is 60.0 Å². The summed E-state index contributed by atoms with van der Waals surface area (Å²) in [6.07, 6.45) is 3.35. The Kier molecular flexibility index (Phi) is 27.3. The van der Waals surface area contributed by atoms with Gasteiger partial charge in [-0.05, 0) is 125 Å². The summed E-state index contributed by atoms with van der Waals surface area (Å²) in [5, 5.41) is 8.10. The van der Waals surface area contributed by atoms with Gasteiger partial charge >= 0.3 is 6.18 Å². The van der Waals surface area contributed by atoms with E-state index >= 15 is 19.2 Å². The van der Waals surface area contributed by atoms with Crippen LogP contribution in [0.25, 0.3) is 0 Å². The molecule has 7 rings (SSSR count). The van der Waals surface area contributed by atoms with Crippen LogP contribution in [0.1, 0.15) is 182 Å². The summed E-state index contributed by atoms with van der Waals surface area (Å²) in [7, 11) is 8.57. The number of likely N-dealkylation sites (N-methyl/N-ethyl adjacent to an activating group) is 6. The number of carbonyl (C=O) groups is 12. The minimum atomic E-state index is -4.76. The van der Waals surface area contributed by atoms with E-state index < -0.39 is 172 Å². The van der Waals surface area contributed by atoms with Crippen molar-refractivity contribution in [3.63, 3.8) is 0 Å². The Morgan fingerprint density at radius 3 is 1.82 bits per heavy atom. The minimum Gasteiger partial charge on any atom is -0.343 e. The number of nitrogens with zero attached hydrogens (tertiary/aromatic N) is 9. The second-order valence-corrected chi connectivity index (χ2v) is 30.2. The van der Waals surface area contributed by atoms with Gasteiger partial charge in [0.1, 0.15) is 59.9 Å². The zero-order valence-corrected chi connectivity index (χ0v) is 61.1. The average Bonchev–Trinajstić information content (AvgIpc) is 1.58. The maximum atomic E-state index is 15.4. The topological polar surface area (TPSA) is 270 Å². The fourth-order valence-corrected chi connectivity index (χ4v) is 15.7. The first-order chi connectivity index (χ1) is 46.5. The molecule has 1 spiro atoms. The number of alkyl halides is 3. The van der Waals surface area contributed by atoms with Gasteiger partial charge in [0.2, 0.25) is 70.9 Å². The molecule has 4 saturated heterocycles. The molecular weight excluding hydrogens is 1310 g/mol. The fraction of sp³-hybridized carbons (Fsp3) is 0.746. The maximum absolute atomic E-state index is 15.4. The van der Waals surface area contributed by atoms with Gasteiger partial charge in [-0.15, -0.1) is 0 Å². The Hall–Kier alpha value is -7.06. The minimum absolute atomic E-state index is 0.0233. The number of halogens is 4. The Bertz CT molecular complexity index is 3140. The SMILES string of the molecule is CC(C)C[C@H]1C(=O)N[C@@H](C(C)C)C(=O)N(C)[C@@H](C)C(=O)N2CC[C@H]2C(=O)N(C)[C@@H](CC2CCCCC2)C(=O)N(C)CC(=O)N[C@@H](CCc2ccc(C(F)(F)F)c(Cl)c2)C(=O)N2CCC[C@H]2C(=O)NC2(CCCC2)C(=O)N(C)[C@@H](C(C)C)C(=O)N(C)[C@H](C(=O)N2CCCCC2)CC(=O)N1C. The predicted octanol–water partition coefficient (Wildman–Crippen LogP) is 5.64. The second kappa shape index (κ2) is 34.1. The van der Waals surface area contributed by atoms with Crippen LogP contribution < -0.4 is 16.0 Å². The molecule has 6 fully saturated rings. The summed E-state index contributed by atoms with van der Waals surface area (Å²) >= 11 is 6.15. The number of rotatable bonds is 10. The lowest BCUT2D eigenvalue weighted by Gasteiger charge is -2.45. The zero-order chi connectivity index (χ0) is 73.3. The summed E-state index contributed by atoms with van der Waals surface area (Å²) in [6, 6.07) is -7.85. The molecule has 2 saturated carbocycles. The summed E-state index contributed by atoms with van der Waals surface area (Å²) < 4.78 is 41.6. The van der Waals surface area contributed by atoms with Crippen molar-refractivity contribution in [3.8, 4) is 0 Å². The van der Waals surface area contributed by atoms with Crippen molar-refractivity contribution >= 4 is 82.5 Å². The second-order valence-electron chi connectivity index (χ2n) is 29.8. The Morgan fingerprint density at radius 2 is 1.24 bits per heavy atom. The number of hydrogen-bond acceptors (Lipinski definition) is 12. The van der Waals surface area contributed by atoms with E-state index in [1.165, 1.54) is 89.6 Å². The fourth-order valence-electron chi connectivity index (χ4n) is 15.3. The third kappa shape index (κ3) is 18.7. The summed E-state index contributed by atoms with van der Waals surface area (Å²) in [5.41, 5.74) is -2.35. The van der Waals surface area contributed by atoms with Crippen molar-refractivity contribution in [2.75, 3.05) is 75.0 Å². The van der Waals surface area contributed by atoms with Crippen molar-refractivity contribution < 1.29 is 70.7 Å². The van der Waals surface area contributed by atoms with Gasteiger partial charge in [-0.1, -0.05) is 104 Å². The Balaban J connectivity index is 1.28. The molecule has 0 bridgehead atoms. The highest BCUT2D eigenvalue weighted by Crippen LogP contribution is 2.38. The van der Waals surface area contributed by atoms with E-state index in [2.05, 4.69) is 16.0 Å². The molecule has 99 heavy (non-hydrogen) atoms. The molecule has 0 aromatic heterocycles. The molecule has 4 heterocycles. The zero-order valence-electron chi connectivity index (χ0n) is 60.4. The number of likely N-dealkylation sites (tertiary alicyclic amines) is 1. The molecule has 1 aromatic carbocycles. The molecule has 9 atom stereocenters. The van der Waals surface area contributed by atoms with Crippen LogP contribution in [-0.2, 0) is 70.1 Å². The van der Waals surface area contributed by atoms with Crippen molar-refractivity contribution in [1.29, 1.82) is 0 Å². The van der Waals surface area contributed by atoms with Crippen LogP contribution in [0.15, 0.2) is 18.2 Å². The van der Waals surface area contributed by atoms with Gasteiger partial charge in [-0.2, -0.15) is 13.2 Å². The van der Waals surface area contributed by atoms with Crippen molar-refractivity contribution in [2.45, 2.75) is 243 Å². The Morgan fingerprint density at radius 1 is 0.616 bits per heavy atom. The first kappa shape index (κ1) is 79.3. The van der Waals surface area contributed by atoms with E-state index in [1.807, 2.05) is 13.8 Å². The maximum Gasteiger partial charge on any atom is 0.417 e. The first-order valence-electron chi connectivity index (χ1n) is 35.8. The van der Waals surface area contributed by atoms with Gasteiger partial charge in [0.25, 0.3) is 0 Å². The first-order valence-corrected chi connectivity index (χ1v) is 36.1. The number of benzene rings is 1. The quantitative estimate of drug-likeness (QED) is 0.257. The summed E-state index contributed by atoms with van der Waals surface area (Å²) in [6.45, 7) is 12.4. The lowest BCUT2D eigenvalue weighted by Crippen LogP contribution is -2.65. The van der Waals surface area contributed by atoms with Crippen LogP contribution in [-0.4, -0.2) is 250 Å². The summed E-state index contributed by atoms with van der Waals surface area (Å²) in [4.78, 5) is 191. The molecule has 28 heteroatoms. The van der Waals surface area contributed by atoms with Gasteiger partial charge in [0, 0.05) is 68.5 Å².